The van der Waals surface area contributed by atoms with Gasteiger partial charge in [0.05, 0.1) is 42.0 Å². The molecule has 0 saturated carbocycles. The van der Waals surface area contributed by atoms with Gasteiger partial charge >= 0.3 is 6.18 Å². The van der Waals surface area contributed by atoms with Gasteiger partial charge in [0.25, 0.3) is 5.56 Å². The zero-order chi connectivity index (χ0) is 28.8. The van der Waals surface area contributed by atoms with E-state index in [1.807, 2.05) is 13.0 Å². The molecular weight excluding hydrogens is 530 g/mol. The van der Waals surface area contributed by atoms with Gasteiger partial charge in [0.2, 0.25) is 11.7 Å². The van der Waals surface area contributed by atoms with Crippen molar-refractivity contribution in [2.45, 2.75) is 44.1 Å². The number of rotatable bonds is 4. The summed E-state index contributed by atoms with van der Waals surface area (Å²) in [5, 5.41) is 9.02. The minimum Gasteiger partial charge on any atom is -0.481 e. The van der Waals surface area contributed by atoms with Gasteiger partial charge in [0.15, 0.2) is 0 Å². The first-order chi connectivity index (χ1) is 19.0. The lowest BCUT2D eigenvalue weighted by Gasteiger charge is -2.34. The van der Waals surface area contributed by atoms with E-state index in [-0.39, 0.29) is 45.8 Å². The number of pyridine rings is 2. The first-order valence-electron chi connectivity index (χ1n) is 12.3. The Morgan fingerprint density at radius 2 is 1.93 bits per heavy atom. The molecule has 1 aliphatic heterocycles. The van der Waals surface area contributed by atoms with Crippen LogP contribution in [0.5, 0.6) is 5.88 Å². The number of ether oxygens (including phenoxy) is 2. The Balaban J connectivity index is 1.71. The average Bonchev–Trinajstić information content (AvgIpc) is 2.93. The van der Waals surface area contributed by atoms with Gasteiger partial charge in [0.1, 0.15) is 11.3 Å². The molecule has 0 N–H and O–H groups in total. The third-order valence-electron chi connectivity index (χ3n) is 6.96. The normalized spacial score (nSPS) is 19.4. The lowest BCUT2D eigenvalue weighted by atomic mass is 9.86. The molecule has 3 atom stereocenters. The second kappa shape index (κ2) is 10.3. The number of hydrogen-bond donors (Lipinski definition) is 0. The summed E-state index contributed by atoms with van der Waals surface area (Å²) in [5.41, 5.74) is -0.462. The van der Waals surface area contributed by atoms with Gasteiger partial charge in [-0.2, -0.15) is 18.4 Å². The van der Waals surface area contributed by atoms with Crippen molar-refractivity contribution in [3.05, 3.63) is 81.4 Å². The molecule has 5 rings (SSSR count). The van der Waals surface area contributed by atoms with Crippen molar-refractivity contribution in [2.75, 3.05) is 7.11 Å². The van der Waals surface area contributed by atoms with Crippen LogP contribution in [0.4, 0.5) is 17.6 Å². The van der Waals surface area contributed by atoms with E-state index in [0.717, 1.165) is 18.7 Å². The molecule has 1 aromatic carbocycles. The van der Waals surface area contributed by atoms with E-state index in [1.54, 1.807) is 18.3 Å². The van der Waals surface area contributed by atoms with Crippen LogP contribution in [0.15, 0.2) is 47.4 Å². The Bertz CT molecular complexity index is 1710. The monoisotopic (exact) mass is 553 g/mol. The fraction of sp³-hybridized carbons (Fsp3) is 0.321. The lowest BCUT2D eigenvalue weighted by Crippen LogP contribution is -2.29. The molecule has 0 aliphatic carbocycles. The summed E-state index contributed by atoms with van der Waals surface area (Å²) in [5.74, 6) is -2.18. The van der Waals surface area contributed by atoms with Crippen molar-refractivity contribution < 1.29 is 27.0 Å². The third-order valence-corrected chi connectivity index (χ3v) is 6.96. The average molecular weight is 554 g/mol. The Hall–Kier alpha value is -4.37. The van der Waals surface area contributed by atoms with E-state index >= 15 is 4.39 Å². The molecule has 1 saturated heterocycles. The molecule has 12 heteroatoms. The topological polar surface area (TPSA) is 103 Å². The number of alkyl halides is 3. The van der Waals surface area contributed by atoms with Crippen molar-refractivity contribution in [1.82, 2.24) is 19.5 Å². The van der Waals surface area contributed by atoms with Crippen LogP contribution in [-0.2, 0) is 18.0 Å². The maximum atomic E-state index is 15.2. The van der Waals surface area contributed by atoms with E-state index < -0.39 is 23.4 Å². The zero-order valence-corrected chi connectivity index (χ0v) is 21.7. The van der Waals surface area contributed by atoms with Crippen LogP contribution in [0.3, 0.4) is 0 Å². The molecule has 0 bridgehead atoms. The molecule has 3 aromatic heterocycles. The minimum atomic E-state index is -4.93. The zero-order valence-electron chi connectivity index (χ0n) is 21.7. The van der Waals surface area contributed by atoms with Crippen LogP contribution < -0.4 is 10.3 Å². The Morgan fingerprint density at radius 1 is 1.15 bits per heavy atom. The van der Waals surface area contributed by atoms with Crippen LogP contribution in [0.1, 0.15) is 54.4 Å². The first kappa shape index (κ1) is 27.2. The largest absolute Gasteiger partial charge is 0.481 e. The molecule has 206 valence electrons. The van der Waals surface area contributed by atoms with Gasteiger partial charge in [-0.25, -0.2) is 14.4 Å². The summed E-state index contributed by atoms with van der Waals surface area (Å²) in [6, 6.07) is 10.3. The summed E-state index contributed by atoms with van der Waals surface area (Å²) >= 11 is 0. The maximum Gasteiger partial charge on any atom is 0.449 e. The predicted molar refractivity (Wildman–Crippen MR) is 136 cm³/mol. The van der Waals surface area contributed by atoms with Gasteiger partial charge < -0.3 is 9.47 Å². The Morgan fingerprint density at radius 3 is 2.60 bits per heavy atom. The number of nitrogens with zero attached hydrogens (tertiary/aromatic N) is 5. The van der Waals surface area contributed by atoms with Crippen molar-refractivity contribution in [3.63, 3.8) is 0 Å². The molecule has 0 amide bonds. The number of benzene rings is 1. The SMILES string of the molecule is COc1cc([C@H]2C[C@H](c3cc4c(=O)n(C)c(C(F)(F)F)nc4c(-c4ccc(C#N)cc4F)n3)C[C@H](C)O2)ccn1. The van der Waals surface area contributed by atoms with E-state index in [1.165, 1.54) is 25.3 Å². The fourth-order valence-corrected chi connectivity index (χ4v) is 5.06. The van der Waals surface area contributed by atoms with E-state index in [0.29, 0.717) is 29.0 Å². The van der Waals surface area contributed by atoms with Gasteiger partial charge in [-0.3, -0.25) is 14.3 Å². The number of hydrogen-bond acceptors (Lipinski definition) is 7. The lowest BCUT2D eigenvalue weighted by molar-refractivity contribution is -0.147. The fourth-order valence-electron chi connectivity index (χ4n) is 5.06. The van der Waals surface area contributed by atoms with Gasteiger partial charge in [0, 0.05) is 36.5 Å². The van der Waals surface area contributed by atoms with Gasteiger partial charge in [-0.15, -0.1) is 0 Å². The van der Waals surface area contributed by atoms with Crippen LogP contribution in [0.2, 0.25) is 0 Å². The van der Waals surface area contributed by atoms with Crippen molar-refractivity contribution >= 4 is 10.9 Å². The van der Waals surface area contributed by atoms with Crippen molar-refractivity contribution in [1.29, 1.82) is 5.26 Å². The smallest absolute Gasteiger partial charge is 0.449 e. The number of aromatic nitrogens is 4. The molecule has 4 aromatic rings. The van der Waals surface area contributed by atoms with E-state index in [9.17, 15) is 18.0 Å². The van der Waals surface area contributed by atoms with Crippen LogP contribution in [0, 0.1) is 17.1 Å². The Kier molecular flexibility index (Phi) is 7.01. The second-order valence-electron chi connectivity index (χ2n) is 9.63. The Labute approximate surface area is 225 Å². The molecule has 0 spiro atoms. The van der Waals surface area contributed by atoms with Crippen LogP contribution in [-0.4, -0.2) is 32.7 Å². The molecule has 4 heterocycles. The van der Waals surface area contributed by atoms with E-state index in [4.69, 9.17) is 14.7 Å². The van der Waals surface area contributed by atoms with Crippen LogP contribution >= 0.6 is 0 Å². The van der Waals surface area contributed by atoms with E-state index in [2.05, 4.69) is 15.0 Å². The molecule has 1 aliphatic rings. The molecule has 0 radical (unpaired) electrons. The summed E-state index contributed by atoms with van der Waals surface area (Å²) in [7, 11) is 2.49. The summed E-state index contributed by atoms with van der Waals surface area (Å²) < 4.78 is 68.3. The third kappa shape index (κ3) is 5.00. The van der Waals surface area contributed by atoms with Crippen LogP contribution in [0.25, 0.3) is 22.2 Å². The number of methoxy groups -OCH3 is 1. The van der Waals surface area contributed by atoms with Crippen molar-refractivity contribution in [3.8, 4) is 23.2 Å². The standard InChI is InChI=1S/C28H23F4N5O3/c1-14-8-17(10-22(40-14)16-6-7-34-23(11-16)39-3)21-12-19-25(36-27(28(30,31)32)37(2)26(19)38)24(35-21)18-5-4-15(13-33)9-20(18)29/h4-7,9,11-12,14,17,22H,8,10H2,1-3H3/t14-,17+,22+/m0/s1. The predicted octanol–water partition coefficient (Wildman–Crippen LogP) is 5.45. The van der Waals surface area contributed by atoms with Gasteiger partial charge in [-0.05, 0) is 55.7 Å². The maximum absolute atomic E-state index is 15.2. The minimum absolute atomic E-state index is 0.0236. The quantitative estimate of drug-likeness (QED) is 0.310. The highest BCUT2D eigenvalue weighted by Gasteiger charge is 2.38. The van der Waals surface area contributed by atoms with Gasteiger partial charge in [-0.1, -0.05) is 0 Å². The number of nitriles is 1. The van der Waals surface area contributed by atoms with Crippen molar-refractivity contribution in [2.24, 2.45) is 7.05 Å². The molecule has 8 nitrogen and oxygen atoms in total. The summed E-state index contributed by atoms with van der Waals surface area (Å²) in [6.45, 7) is 1.88. The molecule has 1 fully saturated rings. The molecule has 40 heavy (non-hydrogen) atoms. The highest BCUT2D eigenvalue weighted by atomic mass is 19.4. The molecular formula is C28H23F4N5O3. The summed E-state index contributed by atoms with van der Waals surface area (Å²) in [4.78, 5) is 25.7. The second-order valence-corrected chi connectivity index (χ2v) is 9.63. The molecule has 0 unspecified atom stereocenters. The number of halogens is 4. The highest BCUT2D eigenvalue weighted by molar-refractivity contribution is 5.91. The number of fused-ring (bicyclic) bond motifs is 1. The first-order valence-corrected chi connectivity index (χ1v) is 12.3. The summed E-state index contributed by atoms with van der Waals surface area (Å²) in [6.07, 6.45) is -3.02. The highest BCUT2D eigenvalue weighted by Crippen LogP contribution is 2.42.